The molecule has 0 radical (unpaired) electrons. The molecular formula is C16H12ClNO. The van der Waals surface area contributed by atoms with E-state index < -0.39 is 12.1 Å². The predicted octanol–water partition coefficient (Wildman–Crippen LogP) is 4.22. The van der Waals surface area contributed by atoms with Crippen molar-refractivity contribution in [2.45, 2.75) is 13.8 Å². The van der Waals surface area contributed by atoms with Gasteiger partial charge in [0.1, 0.15) is 0 Å². The highest BCUT2D eigenvalue weighted by molar-refractivity contribution is 6.67. The fourth-order valence-electron chi connectivity index (χ4n) is 1.95. The number of nitriles is 1. The van der Waals surface area contributed by atoms with E-state index in [0.29, 0.717) is 22.3 Å². The van der Waals surface area contributed by atoms with Crippen LogP contribution in [0.4, 0.5) is 0 Å². The van der Waals surface area contributed by atoms with E-state index in [4.69, 9.17) is 21.0 Å². The SMILES string of the molecule is [2H]C([2H])([2H])c1cc(C(=O)Cl)ccc1-c1cccc(C#N)c1C. The van der Waals surface area contributed by atoms with E-state index in [2.05, 4.69) is 6.07 Å². The van der Waals surface area contributed by atoms with Crippen LogP contribution in [-0.4, -0.2) is 5.24 Å². The summed E-state index contributed by atoms with van der Waals surface area (Å²) in [6, 6.07) is 11.5. The molecule has 0 aliphatic rings. The minimum Gasteiger partial charge on any atom is -0.276 e. The minimum absolute atomic E-state index is 0.0391. The molecule has 0 spiro atoms. The van der Waals surface area contributed by atoms with Crippen LogP contribution < -0.4 is 0 Å². The Balaban J connectivity index is 2.76. The number of hydrogen-bond acceptors (Lipinski definition) is 2. The topological polar surface area (TPSA) is 40.9 Å². The first-order valence-corrected chi connectivity index (χ1v) is 5.98. The molecule has 3 heteroatoms. The highest BCUT2D eigenvalue weighted by Gasteiger charge is 2.10. The lowest BCUT2D eigenvalue weighted by Gasteiger charge is -2.11. The summed E-state index contributed by atoms with van der Waals surface area (Å²) in [6.45, 7) is -0.634. The van der Waals surface area contributed by atoms with Crippen LogP contribution in [0.15, 0.2) is 36.4 Å². The van der Waals surface area contributed by atoms with Gasteiger partial charge in [-0.1, -0.05) is 18.2 Å². The summed E-state index contributed by atoms with van der Waals surface area (Å²) >= 11 is 5.44. The molecule has 2 nitrogen and oxygen atoms in total. The first-order chi connectivity index (χ1) is 10.3. The Morgan fingerprint density at radius 3 is 2.74 bits per heavy atom. The van der Waals surface area contributed by atoms with E-state index in [1.165, 1.54) is 12.1 Å². The summed E-state index contributed by atoms with van der Waals surface area (Å²) in [4.78, 5) is 11.3. The van der Waals surface area contributed by atoms with E-state index in [-0.39, 0.29) is 11.1 Å². The summed E-state index contributed by atoms with van der Waals surface area (Å²) in [5, 5.41) is 8.40. The first-order valence-electron chi connectivity index (χ1n) is 7.10. The highest BCUT2D eigenvalue weighted by atomic mass is 35.5. The number of rotatable bonds is 2. The fraction of sp³-hybridized carbons (Fsp3) is 0.125. The highest BCUT2D eigenvalue weighted by Crippen LogP contribution is 2.29. The zero-order valence-electron chi connectivity index (χ0n) is 13.2. The van der Waals surface area contributed by atoms with Crippen molar-refractivity contribution < 1.29 is 8.91 Å². The molecule has 0 fully saturated rings. The Morgan fingerprint density at radius 2 is 2.11 bits per heavy atom. The molecule has 2 aromatic carbocycles. The molecule has 19 heavy (non-hydrogen) atoms. The van der Waals surface area contributed by atoms with Gasteiger partial charge in [-0.25, -0.2) is 0 Å². The van der Waals surface area contributed by atoms with Crippen molar-refractivity contribution in [2.75, 3.05) is 0 Å². The molecule has 2 aromatic rings. The predicted molar refractivity (Wildman–Crippen MR) is 76.3 cm³/mol. The third kappa shape index (κ3) is 2.52. The van der Waals surface area contributed by atoms with E-state index >= 15 is 0 Å². The van der Waals surface area contributed by atoms with Gasteiger partial charge in [0.15, 0.2) is 0 Å². The lowest BCUT2D eigenvalue weighted by Crippen LogP contribution is -1.94. The summed E-state index contributed by atoms with van der Waals surface area (Å²) < 4.78 is 23.1. The third-order valence-corrected chi connectivity index (χ3v) is 3.21. The average molecular weight is 273 g/mol. The molecule has 0 aliphatic carbocycles. The van der Waals surface area contributed by atoms with E-state index in [1.54, 1.807) is 31.2 Å². The molecule has 0 amide bonds. The van der Waals surface area contributed by atoms with Crippen LogP contribution in [0.1, 0.15) is 31.2 Å². The number of nitrogens with zero attached hydrogens (tertiary/aromatic N) is 1. The van der Waals surface area contributed by atoms with Crippen molar-refractivity contribution in [2.24, 2.45) is 0 Å². The lowest BCUT2D eigenvalue weighted by atomic mass is 9.93. The Bertz CT molecular complexity index is 791. The second-order valence-electron chi connectivity index (χ2n) is 4.12. The van der Waals surface area contributed by atoms with Gasteiger partial charge < -0.3 is 0 Å². The number of carbonyl (C=O) groups excluding carboxylic acids is 1. The van der Waals surface area contributed by atoms with Gasteiger partial charge in [0.2, 0.25) is 0 Å². The Hall–Kier alpha value is -2.11. The van der Waals surface area contributed by atoms with Gasteiger partial charge in [0, 0.05) is 9.68 Å². The summed E-state index contributed by atoms with van der Waals surface area (Å²) in [6.07, 6.45) is 0. The summed E-state index contributed by atoms with van der Waals surface area (Å²) in [5.74, 6) is 0. The number of aryl methyl sites for hydroxylation is 1. The van der Waals surface area contributed by atoms with Gasteiger partial charge in [-0.2, -0.15) is 5.26 Å². The Kier molecular flexibility index (Phi) is 2.70. The summed E-state index contributed by atoms with van der Waals surface area (Å²) in [7, 11) is 0. The van der Waals surface area contributed by atoms with E-state index in [1.807, 2.05) is 0 Å². The van der Waals surface area contributed by atoms with Gasteiger partial charge in [-0.3, -0.25) is 4.79 Å². The number of carbonyl (C=O) groups is 1. The molecule has 94 valence electrons. The van der Waals surface area contributed by atoms with Crippen molar-refractivity contribution >= 4 is 16.8 Å². The van der Waals surface area contributed by atoms with Gasteiger partial charge in [0.05, 0.1) is 11.6 Å². The second kappa shape index (κ2) is 5.26. The second-order valence-corrected chi connectivity index (χ2v) is 4.47. The van der Waals surface area contributed by atoms with Crippen LogP contribution in [0.3, 0.4) is 0 Å². The molecule has 0 aliphatic heterocycles. The number of hydrogen-bond donors (Lipinski definition) is 0. The quantitative estimate of drug-likeness (QED) is 0.768. The molecule has 0 bridgehead atoms. The molecule has 2 rings (SSSR count). The van der Waals surface area contributed by atoms with Gasteiger partial charge >= 0.3 is 0 Å². The van der Waals surface area contributed by atoms with Crippen LogP contribution >= 0.6 is 11.6 Å². The van der Waals surface area contributed by atoms with Crippen LogP contribution in [0.5, 0.6) is 0 Å². The molecule has 0 aromatic heterocycles. The van der Waals surface area contributed by atoms with Crippen molar-refractivity contribution in [3.05, 3.63) is 58.7 Å². The normalized spacial score (nSPS) is 13.0. The van der Waals surface area contributed by atoms with Crippen LogP contribution in [0.25, 0.3) is 11.1 Å². The maximum Gasteiger partial charge on any atom is 0.252 e. The molecule has 0 N–H and O–H groups in total. The number of benzene rings is 2. The number of halogens is 1. The maximum absolute atomic E-state index is 11.3. The molecular weight excluding hydrogens is 258 g/mol. The molecule has 0 heterocycles. The zero-order chi connectivity index (χ0) is 16.5. The van der Waals surface area contributed by atoms with E-state index in [0.717, 1.165) is 0 Å². The monoisotopic (exact) mass is 272 g/mol. The minimum atomic E-state index is -2.40. The Morgan fingerprint density at radius 1 is 1.32 bits per heavy atom. The van der Waals surface area contributed by atoms with Crippen LogP contribution in [-0.2, 0) is 0 Å². The molecule has 0 saturated carbocycles. The standard InChI is InChI=1S/C16H12ClNO/c1-10-8-12(16(17)19)6-7-14(10)15-5-3-4-13(9-18)11(15)2/h3-8H,1-2H3/i1D3. The van der Waals surface area contributed by atoms with Crippen molar-refractivity contribution in [3.63, 3.8) is 0 Å². The van der Waals surface area contributed by atoms with Crippen LogP contribution in [0.2, 0.25) is 0 Å². The van der Waals surface area contributed by atoms with Gasteiger partial charge in [-0.15, -0.1) is 0 Å². The third-order valence-electron chi connectivity index (χ3n) is 2.99. The molecule has 0 saturated heterocycles. The largest absolute Gasteiger partial charge is 0.276 e. The van der Waals surface area contributed by atoms with Crippen molar-refractivity contribution in [3.8, 4) is 17.2 Å². The lowest BCUT2D eigenvalue weighted by molar-refractivity contribution is 0.108. The zero-order valence-corrected chi connectivity index (χ0v) is 11.0. The molecule has 0 atom stereocenters. The Labute approximate surface area is 121 Å². The smallest absolute Gasteiger partial charge is 0.252 e. The average Bonchev–Trinajstić information content (AvgIpc) is 2.46. The van der Waals surface area contributed by atoms with E-state index in [9.17, 15) is 4.79 Å². The van der Waals surface area contributed by atoms with Gasteiger partial charge in [0.25, 0.3) is 5.24 Å². The van der Waals surface area contributed by atoms with Gasteiger partial charge in [-0.05, 0) is 65.8 Å². The van der Waals surface area contributed by atoms with Crippen molar-refractivity contribution in [1.82, 2.24) is 0 Å². The van der Waals surface area contributed by atoms with Crippen molar-refractivity contribution in [1.29, 1.82) is 5.26 Å². The summed E-state index contributed by atoms with van der Waals surface area (Å²) in [5.41, 5.74) is 2.46. The maximum atomic E-state index is 11.3. The molecule has 0 unspecified atom stereocenters. The first kappa shape index (κ1) is 9.77. The fourth-order valence-corrected chi connectivity index (χ4v) is 2.07. The van der Waals surface area contributed by atoms with Crippen LogP contribution in [0, 0.1) is 25.1 Å².